The normalized spacial score (nSPS) is 21.6. The molecule has 2 aliphatic heterocycles. The largest absolute Gasteiger partial charge is 0.497 e. The predicted molar refractivity (Wildman–Crippen MR) is 124 cm³/mol. The van der Waals surface area contributed by atoms with Gasteiger partial charge in [-0.3, -0.25) is 14.4 Å². The zero-order valence-corrected chi connectivity index (χ0v) is 18.5. The summed E-state index contributed by atoms with van der Waals surface area (Å²) in [5, 5.41) is 10.8. The van der Waals surface area contributed by atoms with Crippen LogP contribution in [0.1, 0.15) is 27.5 Å². The monoisotopic (exact) mass is 458 g/mol. The lowest BCUT2D eigenvalue weighted by Gasteiger charge is -2.29. The van der Waals surface area contributed by atoms with Crippen LogP contribution in [-0.2, 0) is 14.4 Å². The third kappa shape index (κ3) is 3.48. The number of carbonyl (C=O) groups is 3. The predicted octanol–water partition coefficient (Wildman–Crippen LogP) is 3.75. The first-order valence-corrected chi connectivity index (χ1v) is 10.8. The Morgan fingerprint density at radius 2 is 1.62 bits per heavy atom. The number of nitrogens with zero attached hydrogens (tertiary/aromatic N) is 2. The zero-order valence-electron chi connectivity index (χ0n) is 18.5. The van der Waals surface area contributed by atoms with Gasteiger partial charge in [-0.05, 0) is 61.0 Å². The Labute approximate surface area is 195 Å². The van der Waals surface area contributed by atoms with Crippen molar-refractivity contribution in [2.24, 2.45) is 5.92 Å². The molecule has 3 aromatic rings. The lowest BCUT2D eigenvalue weighted by atomic mass is 9.90. The molecule has 0 aromatic heterocycles. The third-order valence-electron chi connectivity index (χ3n) is 6.21. The van der Waals surface area contributed by atoms with Crippen LogP contribution in [0.25, 0.3) is 0 Å². The maximum atomic E-state index is 13.6. The summed E-state index contributed by atoms with van der Waals surface area (Å²) in [7, 11) is 1.57. The molecule has 8 heteroatoms. The van der Waals surface area contributed by atoms with Gasteiger partial charge in [0.15, 0.2) is 6.10 Å². The van der Waals surface area contributed by atoms with Crippen LogP contribution >= 0.6 is 0 Å². The van der Waals surface area contributed by atoms with Crippen LogP contribution in [0, 0.1) is 12.8 Å². The molecule has 0 bridgehead atoms. The smallest absolute Gasteiger partial charge is 0.335 e. The molecule has 2 heterocycles. The van der Waals surface area contributed by atoms with Crippen LogP contribution in [0.5, 0.6) is 5.75 Å². The van der Waals surface area contributed by atoms with E-state index in [1.807, 2.05) is 55.5 Å². The van der Waals surface area contributed by atoms with E-state index >= 15 is 0 Å². The summed E-state index contributed by atoms with van der Waals surface area (Å²) >= 11 is 0. The maximum Gasteiger partial charge on any atom is 0.335 e. The minimum Gasteiger partial charge on any atom is -0.497 e. The Hall–Kier alpha value is -4.17. The lowest BCUT2D eigenvalue weighted by Crippen LogP contribution is -2.37. The van der Waals surface area contributed by atoms with Crippen molar-refractivity contribution in [2.45, 2.75) is 19.1 Å². The minimum atomic E-state index is -1.09. The number of hydrogen-bond acceptors (Lipinski definition) is 6. The van der Waals surface area contributed by atoms with Crippen molar-refractivity contribution < 1.29 is 29.1 Å². The fourth-order valence-electron chi connectivity index (χ4n) is 4.50. The Morgan fingerprint density at radius 3 is 2.26 bits per heavy atom. The second kappa shape index (κ2) is 8.31. The molecule has 2 aliphatic rings. The van der Waals surface area contributed by atoms with Gasteiger partial charge in [-0.25, -0.2) is 14.8 Å². The molecule has 2 amide bonds. The van der Waals surface area contributed by atoms with Gasteiger partial charge in [-0.15, -0.1) is 0 Å². The number of anilines is 2. The third-order valence-corrected chi connectivity index (χ3v) is 6.21. The van der Waals surface area contributed by atoms with Crippen LogP contribution < -0.4 is 14.7 Å². The number of carbonyl (C=O) groups excluding carboxylic acids is 2. The molecule has 0 saturated carbocycles. The second-order valence-corrected chi connectivity index (χ2v) is 8.30. The number of rotatable bonds is 5. The van der Waals surface area contributed by atoms with Crippen LogP contribution in [0.15, 0.2) is 72.8 Å². The molecular weight excluding hydrogens is 436 g/mol. The van der Waals surface area contributed by atoms with Crippen LogP contribution in [0.2, 0.25) is 0 Å². The van der Waals surface area contributed by atoms with E-state index in [1.165, 1.54) is 24.3 Å². The van der Waals surface area contributed by atoms with E-state index in [-0.39, 0.29) is 5.56 Å². The van der Waals surface area contributed by atoms with E-state index in [1.54, 1.807) is 12.2 Å². The van der Waals surface area contributed by atoms with Crippen LogP contribution in [0.4, 0.5) is 11.4 Å². The van der Waals surface area contributed by atoms with Gasteiger partial charge >= 0.3 is 5.97 Å². The first-order valence-electron chi connectivity index (χ1n) is 10.8. The van der Waals surface area contributed by atoms with Gasteiger partial charge in [-0.1, -0.05) is 29.8 Å². The van der Waals surface area contributed by atoms with E-state index in [4.69, 9.17) is 14.7 Å². The zero-order chi connectivity index (χ0) is 24.0. The van der Waals surface area contributed by atoms with Crippen molar-refractivity contribution in [3.63, 3.8) is 0 Å². The Balaban J connectivity index is 1.56. The molecule has 0 spiro atoms. The number of imide groups is 1. The van der Waals surface area contributed by atoms with Crippen molar-refractivity contribution in [3.05, 3.63) is 89.5 Å². The van der Waals surface area contributed by atoms with E-state index < -0.39 is 35.8 Å². The second-order valence-electron chi connectivity index (χ2n) is 8.30. The summed E-state index contributed by atoms with van der Waals surface area (Å²) in [5.41, 5.74) is 2.95. The minimum absolute atomic E-state index is 0.0686. The maximum absolute atomic E-state index is 13.6. The van der Waals surface area contributed by atoms with Crippen molar-refractivity contribution in [1.82, 2.24) is 0 Å². The van der Waals surface area contributed by atoms with Gasteiger partial charge in [0.1, 0.15) is 11.7 Å². The summed E-state index contributed by atoms with van der Waals surface area (Å²) in [6, 6.07) is 20.1. The number of carboxylic acid groups (broad SMARTS) is 1. The molecule has 34 heavy (non-hydrogen) atoms. The van der Waals surface area contributed by atoms with Gasteiger partial charge in [0.05, 0.1) is 30.1 Å². The summed E-state index contributed by atoms with van der Waals surface area (Å²) in [6.45, 7) is 1.98. The number of aryl methyl sites for hydroxylation is 1. The average molecular weight is 458 g/mol. The molecule has 0 radical (unpaired) electrons. The van der Waals surface area contributed by atoms with Crippen molar-refractivity contribution in [3.8, 4) is 5.75 Å². The molecule has 3 aromatic carbocycles. The number of methoxy groups -OCH3 is 1. The van der Waals surface area contributed by atoms with Gasteiger partial charge in [0, 0.05) is 0 Å². The number of aromatic carboxylic acids is 1. The average Bonchev–Trinajstić information content (AvgIpc) is 3.35. The summed E-state index contributed by atoms with van der Waals surface area (Å²) in [6.07, 6.45) is -1.01. The number of fused-ring (bicyclic) bond motifs is 1. The molecule has 5 rings (SSSR count). The molecule has 0 aliphatic carbocycles. The molecule has 8 nitrogen and oxygen atoms in total. The molecule has 172 valence electrons. The van der Waals surface area contributed by atoms with Crippen molar-refractivity contribution in [1.29, 1.82) is 0 Å². The number of ether oxygens (including phenoxy) is 1. The summed E-state index contributed by atoms with van der Waals surface area (Å²) in [5.74, 6) is -2.14. The quantitative estimate of drug-likeness (QED) is 0.582. The van der Waals surface area contributed by atoms with Crippen molar-refractivity contribution in [2.75, 3.05) is 17.1 Å². The van der Waals surface area contributed by atoms with Gasteiger partial charge in [0.25, 0.3) is 5.91 Å². The highest BCUT2D eigenvalue weighted by molar-refractivity contribution is 6.24. The van der Waals surface area contributed by atoms with Crippen LogP contribution in [0.3, 0.4) is 0 Å². The Kier molecular flexibility index (Phi) is 5.30. The van der Waals surface area contributed by atoms with Crippen LogP contribution in [-0.4, -0.2) is 36.1 Å². The van der Waals surface area contributed by atoms with E-state index in [0.717, 1.165) is 21.7 Å². The fraction of sp³-hybridized carbons (Fsp3) is 0.192. The standard InChI is InChI=1S/C26H22N2O6/c1-15-6-10-19(11-7-15)28-22(17-4-3-5-20(14-17)33-2)21-23(34-28)25(30)27(24(21)29)18-12-8-16(9-13-18)26(31)32/h3-14,21-23H,1-2H3,(H,31,32)/t21-,22-,23+/m0/s1. The fourth-order valence-corrected chi connectivity index (χ4v) is 4.50. The number of carboxylic acids is 1. The van der Waals surface area contributed by atoms with Gasteiger partial charge in [0.2, 0.25) is 5.91 Å². The molecule has 2 fully saturated rings. The highest BCUT2D eigenvalue weighted by Crippen LogP contribution is 2.48. The van der Waals surface area contributed by atoms with Crippen molar-refractivity contribution >= 4 is 29.2 Å². The number of hydrogen-bond donors (Lipinski definition) is 1. The highest BCUT2D eigenvalue weighted by Gasteiger charge is 2.60. The van der Waals surface area contributed by atoms with E-state index in [0.29, 0.717) is 11.4 Å². The SMILES string of the molecule is COc1cccc([C@H]2[C@@H]3C(=O)N(c4ccc(C(=O)O)cc4)C(=O)[C@@H]3ON2c2ccc(C)cc2)c1. The molecule has 2 saturated heterocycles. The Morgan fingerprint density at radius 1 is 0.941 bits per heavy atom. The van der Waals surface area contributed by atoms with Gasteiger partial charge < -0.3 is 9.84 Å². The van der Waals surface area contributed by atoms with E-state index in [2.05, 4.69) is 0 Å². The molecular formula is C26H22N2O6. The lowest BCUT2D eigenvalue weighted by molar-refractivity contribution is -0.126. The van der Waals surface area contributed by atoms with E-state index in [9.17, 15) is 14.4 Å². The number of amides is 2. The number of benzene rings is 3. The highest BCUT2D eigenvalue weighted by atomic mass is 16.7. The first-order chi connectivity index (χ1) is 16.4. The molecule has 1 N–H and O–H groups in total. The number of hydroxylamine groups is 1. The summed E-state index contributed by atoms with van der Waals surface area (Å²) in [4.78, 5) is 45.4. The summed E-state index contributed by atoms with van der Waals surface area (Å²) < 4.78 is 5.38. The first kappa shape index (κ1) is 21.7. The molecule has 3 atom stereocenters. The topological polar surface area (TPSA) is 96.4 Å². The van der Waals surface area contributed by atoms with Gasteiger partial charge in [-0.2, -0.15) is 0 Å². The molecule has 0 unspecified atom stereocenters. The Bertz CT molecular complexity index is 1270.